The zero-order chi connectivity index (χ0) is 14.2. The predicted molar refractivity (Wildman–Crippen MR) is 73.5 cm³/mol. The standard InChI is InChI=1S/C14H16N2O3S/c1-11-10-14(19-15-11)13-8-5-9-16(13)20(17,18)12-6-3-2-4-7-12/h2-4,6-7,10,13H,5,8-9H2,1H3. The zero-order valence-electron chi connectivity index (χ0n) is 11.2. The van der Waals surface area contributed by atoms with Crippen LogP contribution in [0, 0.1) is 6.92 Å². The SMILES string of the molecule is Cc1cc(C2CCCN2S(=O)(=O)c2ccccc2)on1. The van der Waals surface area contributed by atoms with Gasteiger partial charge in [0, 0.05) is 12.6 Å². The van der Waals surface area contributed by atoms with Gasteiger partial charge < -0.3 is 4.52 Å². The topological polar surface area (TPSA) is 63.4 Å². The van der Waals surface area contributed by atoms with Gasteiger partial charge in [0.2, 0.25) is 10.0 Å². The lowest BCUT2D eigenvalue weighted by Gasteiger charge is -2.22. The molecule has 5 nitrogen and oxygen atoms in total. The molecule has 1 atom stereocenters. The molecule has 1 aromatic heterocycles. The highest BCUT2D eigenvalue weighted by Gasteiger charge is 2.38. The van der Waals surface area contributed by atoms with Crippen LogP contribution in [0.25, 0.3) is 0 Å². The van der Waals surface area contributed by atoms with E-state index >= 15 is 0 Å². The molecule has 0 bridgehead atoms. The van der Waals surface area contributed by atoms with Gasteiger partial charge in [0.1, 0.15) is 0 Å². The molecule has 1 aliphatic rings. The maximum Gasteiger partial charge on any atom is 0.243 e. The number of benzene rings is 1. The number of hydrogen-bond acceptors (Lipinski definition) is 4. The summed E-state index contributed by atoms with van der Waals surface area (Å²) in [7, 11) is -3.48. The minimum Gasteiger partial charge on any atom is -0.359 e. The Hall–Kier alpha value is -1.66. The Labute approximate surface area is 118 Å². The second-order valence-electron chi connectivity index (χ2n) is 4.96. The zero-order valence-corrected chi connectivity index (χ0v) is 12.0. The van der Waals surface area contributed by atoms with E-state index in [-0.39, 0.29) is 6.04 Å². The molecule has 0 radical (unpaired) electrons. The van der Waals surface area contributed by atoms with Crippen molar-refractivity contribution in [1.82, 2.24) is 9.46 Å². The molecule has 1 aliphatic heterocycles. The van der Waals surface area contributed by atoms with Crippen molar-refractivity contribution in [3.8, 4) is 0 Å². The molecule has 0 saturated carbocycles. The number of rotatable bonds is 3. The van der Waals surface area contributed by atoms with E-state index in [4.69, 9.17) is 4.52 Å². The van der Waals surface area contributed by atoms with Crippen LogP contribution in [0.5, 0.6) is 0 Å². The lowest BCUT2D eigenvalue weighted by Crippen LogP contribution is -2.30. The number of sulfonamides is 1. The van der Waals surface area contributed by atoms with Gasteiger partial charge in [-0.05, 0) is 31.9 Å². The smallest absolute Gasteiger partial charge is 0.243 e. The van der Waals surface area contributed by atoms with E-state index in [1.807, 2.05) is 13.0 Å². The van der Waals surface area contributed by atoms with E-state index < -0.39 is 10.0 Å². The maximum atomic E-state index is 12.7. The van der Waals surface area contributed by atoms with E-state index in [9.17, 15) is 8.42 Å². The molecule has 2 aromatic rings. The van der Waals surface area contributed by atoms with Crippen LogP contribution < -0.4 is 0 Å². The van der Waals surface area contributed by atoms with Gasteiger partial charge in [0.15, 0.2) is 5.76 Å². The lowest BCUT2D eigenvalue weighted by molar-refractivity contribution is 0.297. The van der Waals surface area contributed by atoms with E-state index in [1.54, 1.807) is 30.3 Å². The van der Waals surface area contributed by atoms with Crippen molar-refractivity contribution in [1.29, 1.82) is 0 Å². The molecule has 20 heavy (non-hydrogen) atoms. The third-order valence-corrected chi connectivity index (χ3v) is 5.45. The van der Waals surface area contributed by atoms with E-state index in [2.05, 4.69) is 5.16 Å². The van der Waals surface area contributed by atoms with Gasteiger partial charge in [-0.3, -0.25) is 0 Å². The lowest BCUT2D eigenvalue weighted by atomic mass is 10.2. The number of nitrogens with zero attached hydrogens (tertiary/aromatic N) is 2. The highest BCUT2D eigenvalue weighted by atomic mass is 32.2. The van der Waals surface area contributed by atoms with E-state index in [1.165, 1.54) is 4.31 Å². The van der Waals surface area contributed by atoms with Gasteiger partial charge in [-0.2, -0.15) is 4.31 Å². The van der Waals surface area contributed by atoms with Crippen LogP contribution in [0.3, 0.4) is 0 Å². The van der Waals surface area contributed by atoms with Crippen LogP contribution in [-0.4, -0.2) is 24.4 Å². The molecule has 1 fully saturated rings. The summed E-state index contributed by atoms with van der Waals surface area (Å²) in [6.45, 7) is 2.35. The Morgan fingerprint density at radius 1 is 1.30 bits per heavy atom. The summed E-state index contributed by atoms with van der Waals surface area (Å²) in [5.74, 6) is 0.625. The first-order valence-corrected chi connectivity index (χ1v) is 8.03. The van der Waals surface area contributed by atoms with Crippen molar-refractivity contribution in [2.24, 2.45) is 0 Å². The van der Waals surface area contributed by atoms with Crippen LogP contribution in [-0.2, 0) is 10.0 Å². The van der Waals surface area contributed by atoms with Crippen molar-refractivity contribution in [3.63, 3.8) is 0 Å². The first kappa shape index (κ1) is 13.3. The Balaban J connectivity index is 1.97. The van der Waals surface area contributed by atoms with Gasteiger partial charge in [-0.15, -0.1) is 0 Å². The molecule has 0 N–H and O–H groups in total. The summed E-state index contributed by atoms with van der Waals surface area (Å²) < 4.78 is 32.1. The maximum absolute atomic E-state index is 12.7. The fourth-order valence-electron chi connectivity index (χ4n) is 2.58. The molecule has 0 spiro atoms. The Morgan fingerprint density at radius 2 is 2.05 bits per heavy atom. The van der Waals surface area contributed by atoms with Crippen LogP contribution >= 0.6 is 0 Å². The summed E-state index contributed by atoms with van der Waals surface area (Å²) >= 11 is 0. The van der Waals surface area contributed by atoms with E-state index in [0.717, 1.165) is 18.5 Å². The van der Waals surface area contributed by atoms with Gasteiger partial charge in [-0.1, -0.05) is 23.4 Å². The minimum atomic E-state index is -3.48. The third-order valence-electron chi connectivity index (χ3n) is 3.53. The first-order valence-electron chi connectivity index (χ1n) is 6.59. The second kappa shape index (κ2) is 5.03. The molecular weight excluding hydrogens is 276 g/mol. The monoisotopic (exact) mass is 292 g/mol. The summed E-state index contributed by atoms with van der Waals surface area (Å²) in [6.07, 6.45) is 1.59. The fourth-order valence-corrected chi connectivity index (χ4v) is 4.27. The molecular formula is C14H16N2O3S. The van der Waals surface area contributed by atoms with Crippen LogP contribution in [0.2, 0.25) is 0 Å². The molecule has 3 rings (SSSR count). The Kier molecular flexibility index (Phi) is 3.35. The highest BCUT2D eigenvalue weighted by Crippen LogP contribution is 2.36. The molecule has 2 heterocycles. The summed E-state index contributed by atoms with van der Waals surface area (Å²) in [5.41, 5.74) is 0.768. The van der Waals surface area contributed by atoms with Crippen LogP contribution in [0.1, 0.15) is 30.3 Å². The summed E-state index contributed by atoms with van der Waals surface area (Å²) in [6, 6.07) is 10.1. The summed E-state index contributed by atoms with van der Waals surface area (Å²) in [4.78, 5) is 0.322. The molecule has 6 heteroatoms. The summed E-state index contributed by atoms with van der Waals surface area (Å²) in [5, 5.41) is 3.85. The van der Waals surface area contributed by atoms with Crippen molar-refractivity contribution in [2.75, 3.05) is 6.54 Å². The van der Waals surface area contributed by atoms with Crippen molar-refractivity contribution >= 4 is 10.0 Å². The molecule has 106 valence electrons. The number of aryl methyl sites for hydroxylation is 1. The van der Waals surface area contributed by atoms with E-state index in [0.29, 0.717) is 17.2 Å². The average molecular weight is 292 g/mol. The van der Waals surface area contributed by atoms with Crippen molar-refractivity contribution < 1.29 is 12.9 Å². The predicted octanol–water partition coefficient (Wildman–Crippen LogP) is 2.51. The molecule has 1 unspecified atom stereocenters. The second-order valence-corrected chi connectivity index (χ2v) is 6.85. The molecule has 1 saturated heterocycles. The quantitative estimate of drug-likeness (QED) is 0.872. The van der Waals surface area contributed by atoms with Gasteiger partial charge in [0.25, 0.3) is 0 Å². The number of aromatic nitrogens is 1. The molecule has 0 aliphatic carbocycles. The Bertz CT molecular complexity index is 694. The van der Waals surface area contributed by atoms with Crippen molar-refractivity contribution in [3.05, 3.63) is 47.9 Å². The minimum absolute atomic E-state index is 0.249. The fraction of sp³-hybridized carbons (Fsp3) is 0.357. The molecule has 0 amide bonds. The van der Waals surface area contributed by atoms with Crippen molar-refractivity contribution in [2.45, 2.75) is 30.7 Å². The van der Waals surface area contributed by atoms with Gasteiger partial charge >= 0.3 is 0 Å². The average Bonchev–Trinajstić information content (AvgIpc) is 3.08. The number of hydrogen-bond donors (Lipinski definition) is 0. The van der Waals surface area contributed by atoms with Crippen LogP contribution in [0.4, 0.5) is 0 Å². The normalized spacial score (nSPS) is 20.4. The van der Waals surface area contributed by atoms with Crippen LogP contribution in [0.15, 0.2) is 45.8 Å². The van der Waals surface area contributed by atoms with Gasteiger partial charge in [0.05, 0.1) is 16.6 Å². The first-order chi connectivity index (χ1) is 9.59. The highest BCUT2D eigenvalue weighted by molar-refractivity contribution is 7.89. The third kappa shape index (κ3) is 2.25. The Morgan fingerprint density at radius 3 is 2.70 bits per heavy atom. The largest absolute Gasteiger partial charge is 0.359 e. The van der Waals surface area contributed by atoms with Gasteiger partial charge in [-0.25, -0.2) is 8.42 Å². The molecule has 1 aromatic carbocycles.